The van der Waals surface area contributed by atoms with E-state index in [1.54, 1.807) is 30.3 Å². The first kappa shape index (κ1) is 16.8. The molecule has 1 N–H and O–H groups in total. The van der Waals surface area contributed by atoms with Gasteiger partial charge in [-0.05, 0) is 30.7 Å². The van der Waals surface area contributed by atoms with Crippen LogP contribution in [0.25, 0.3) is 6.08 Å². The van der Waals surface area contributed by atoms with Gasteiger partial charge in [0, 0.05) is 6.08 Å². The van der Waals surface area contributed by atoms with Gasteiger partial charge >= 0.3 is 5.97 Å². The van der Waals surface area contributed by atoms with Crippen molar-refractivity contribution in [2.24, 2.45) is 0 Å². The summed E-state index contributed by atoms with van der Waals surface area (Å²) < 4.78 is 4.88. The Kier molecular flexibility index (Phi) is 5.94. The van der Waals surface area contributed by atoms with Crippen molar-refractivity contribution in [1.29, 1.82) is 0 Å². The molecule has 0 bridgehead atoms. The third-order valence-electron chi connectivity index (χ3n) is 2.98. The van der Waals surface area contributed by atoms with E-state index in [-0.39, 0.29) is 6.61 Å². The summed E-state index contributed by atoms with van der Waals surface area (Å²) in [7, 11) is 0. The Morgan fingerprint density at radius 2 is 1.83 bits per heavy atom. The summed E-state index contributed by atoms with van der Waals surface area (Å²) in [6.45, 7) is 1.61. The number of benzene rings is 2. The number of carbonyl (C=O) groups excluding carboxylic acids is 2. The lowest BCUT2D eigenvalue weighted by molar-refractivity contribution is -0.142. The molecule has 1 amide bonds. The highest BCUT2D eigenvalue weighted by Gasteiger charge is 2.07. The summed E-state index contributed by atoms with van der Waals surface area (Å²) in [5.41, 5.74) is 2.50. The topological polar surface area (TPSA) is 55.4 Å². The largest absolute Gasteiger partial charge is 0.452 e. The standard InChI is InChI=1S/C18H16ClNO3/c1-13-6-8-14(9-7-13)10-11-18(22)23-12-17(21)20-16-5-3-2-4-15(16)19/h2-11H,12H2,1H3,(H,20,21). The maximum Gasteiger partial charge on any atom is 0.331 e. The van der Waals surface area contributed by atoms with Crippen LogP contribution in [0.15, 0.2) is 54.6 Å². The van der Waals surface area contributed by atoms with Crippen molar-refractivity contribution >= 4 is 35.2 Å². The Bertz CT molecular complexity index is 723. The number of amides is 1. The molecule has 0 unspecified atom stereocenters. The van der Waals surface area contributed by atoms with Crippen LogP contribution >= 0.6 is 11.6 Å². The van der Waals surface area contributed by atoms with Crippen molar-refractivity contribution in [2.45, 2.75) is 6.92 Å². The van der Waals surface area contributed by atoms with E-state index in [1.807, 2.05) is 31.2 Å². The van der Waals surface area contributed by atoms with E-state index in [4.69, 9.17) is 16.3 Å². The first-order valence-corrected chi connectivity index (χ1v) is 7.38. The molecule has 23 heavy (non-hydrogen) atoms. The lowest BCUT2D eigenvalue weighted by Gasteiger charge is -2.06. The molecule has 0 fully saturated rings. The van der Waals surface area contributed by atoms with Crippen LogP contribution in [0.1, 0.15) is 11.1 Å². The zero-order chi connectivity index (χ0) is 16.7. The average molecular weight is 330 g/mol. The highest BCUT2D eigenvalue weighted by atomic mass is 35.5. The number of rotatable bonds is 5. The lowest BCUT2D eigenvalue weighted by Crippen LogP contribution is -2.20. The zero-order valence-corrected chi connectivity index (χ0v) is 13.3. The molecule has 0 aromatic heterocycles. The summed E-state index contributed by atoms with van der Waals surface area (Å²) in [6.07, 6.45) is 2.92. The number of hydrogen-bond donors (Lipinski definition) is 1. The second kappa shape index (κ2) is 8.15. The molecule has 2 rings (SSSR count). The van der Waals surface area contributed by atoms with Crippen molar-refractivity contribution < 1.29 is 14.3 Å². The predicted octanol–water partition coefficient (Wildman–Crippen LogP) is 3.84. The number of carbonyl (C=O) groups is 2. The average Bonchev–Trinajstić information content (AvgIpc) is 2.54. The predicted molar refractivity (Wildman–Crippen MR) is 91.3 cm³/mol. The fourth-order valence-electron chi connectivity index (χ4n) is 1.78. The van der Waals surface area contributed by atoms with Crippen LogP contribution in [0.4, 0.5) is 5.69 Å². The minimum Gasteiger partial charge on any atom is -0.452 e. The summed E-state index contributed by atoms with van der Waals surface area (Å²) in [5, 5.41) is 3.00. The van der Waals surface area contributed by atoms with Crippen LogP contribution in [0.3, 0.4) is 0 Å². The summed E-state index contributed by atoms with van der Waals surface area (Å²) in [4.78, 5) is 23.3. The third-order valence-corrected chi connectivity index (χ3v) is 3.31. The van der Waals surface area contributed by atoms with Crippen LogP contribution in [0.5, 0.6) is 0 Å². The number of para-hydroxylation sites is 1. The maximum absolute atomic E-state index is 11.7. The van der Waals surface area contributed by atoms with Gasteiger partial charge in [-0.25, -0.2) is 4.79 Å². The van der Waals surface area contributed by atoms with E-state index in [2.05, 4.69) is 5.32 Å². The minimum atomic E-state index is -0.583. The van der Waals surface area contributed by atoms with Gasteiger partial charge in [-0.3, -0.25) is 4.79 Å². The SMILES string of the molecule is Cc1ccc(C=CC(=O)OCC(=O)Nc2ccccc2Cl)cc1. The molecular weight excluding hydrogens is 314 g/mol. The lowest BCUT2D eigenvalue weighted by atomic mass is 10.1. The summed E-state index contributed by atoms with van der Waals surface area (Å²) in [6, 6.07) is 14.5. The number of ether oxygens (including phenoxy) is 1. The van der Waals surface area contributed by atoms with E-state index in [1.165, 1.54) is 6.08 Å². The van der Waals surface area contributed by atoms with E-state index in [9.17, 15) is 9.59 Å². The molecule has 0 saturated carbocycles. The smallest absolute Gasteiger partial charge is 0.331 e. The molecular formula is C18H16ClNO3. The van der Waals surface area contributed by atoms with Gasteiger partial charge in [0.05, 0.1) is 10.7 Å². The first-order valence-electron chi connectivity index (χ1n) is 7.00. The Morgan fingerprint density at radius 1 is 1.13 bits per heavy atom. The van der Waals surface area contributed by atoms with Crippen LogP contribution in [-0.2, 0) is 14.3 Å². The molecule has 5 heteroatoms. The molecule has 0 spiro atoms. The Hall–Kier alpha value is -2.59. The van der Waals surface area contributed by atoms with Crippen LogP contribution < -0.4 is 5.32 Å². The van der Waals surface area contributed by atoms with Crippen molar-refractivity contribution in [3.63, 3.8) is 0 Å². The number of halogens is 1. The second-order valence-electron chi connectivity index (χ2n) is 4.88. The zero-order valence-electron chi connectivity index (χ0n) is 12.6. The van der Waals surface area contributed by atoms with E-state index >= 15 is 0 Å². The number of aryl methyl sites for hydroxylation is 1. The van der Waals surface area contributed by atoms with Gasteiger partial charge in [-0.2, -0.15) is 0 Å². The Labute approximate surface area is 139 Å². The van der Waals surface area contributed by atoms with Crippen LogP contribution in [-0.4, -0.2) is 18.5 Å². The van der Waals surface area contributed by atoms with Crippen molar-refractivity contribution in [3.8, 4) is 0 Å². The van der Waals surface area contributed by atoms with Crippen molar-refractivity contribution in [3.05, 3.63) is 70.8 Å². The van der Waals surface area contributed by atoms with Gasteiger partial charge in [0.2, 0.25) is 0 Å². The minimum absolute atomic E-state index is 0.373. The number of anilines is 1. The summed E-state index contributed by atoms with van der Waals surface area (Å²) in [5.74, 6) is -1.03. The summed E-state index contributed by atoms with van der Waals surface area (Å²) >= 11 is 5.93. The van der Waals surface area contributed by atoms with E-state index in [0.29, 0.717) is 10.7 Å². The third kappa shape index (κ3) is 5.60. The quantitative estimate of drug-likeness (QED) is 0.669. The molecule has 4 nitrogen and oxygen atoms in total. The Balaban J connectivity index is 1.81. The van der Waals surface area contributed by atoms with Gasteiger partial charge in [-0.15, -0.1) is 0 Å². The van der Waals surface area contributed by atoms with Crippen LogP contribution in [0, 0.1) is 6.92 Å². The Morgan fingerprint density at radius 3 is 2.52 bits per heavy atom. The molecule has 2 aromatic carbocycles. The molecule has 0 radical (unpaired) electrons. The van der Waals surface area contributed by atoms with E-state index in [0.717, 1.165) is 11.1 Å². The fourth-order valence-corrected chi connectivity index (χ4v) is 1.96. The van der Waals surface area contributed by atoms with E-state index < -0.39 is 11.9 Å². The normalized spacial score (nSPS) is 10.5. The molecule has 118 valence electrons. The first-order chi connectivity index (χ1) is 11.0. The highest BCUT2D eigenvalue weighted by Crippen LogP contribution is 2.20. The van der Waals surface area contributed by atoms with Gasteiger partial charge < -0.3 is 10.1 Å². The van der Waals surface area contributed by atoms with Gasteiger partial charge in [-0.1, -0.05) is 53.6 Å². The molecule has 0 aliphatic carbocycles. The van der Waals surface area contributed by atoms with Gasteiger partial charge in [0.1, 0.15) is 0 Å². The van der Waals surface area contributed by atoms with Gasteiger partial charge in [0.15, 0.2) is 6.61 Å². The molecule has 0 atom stereocenters. The van der Waals surface area contributed by atoms with Gasteiger partial charge in [0.25, 0.3) is 5.91 Å². The second-order valence-corrected chi connectivity index (χ2v) is 5.29. The van der Waals surface area contributed by atoms with Crippen LogP contribution in [0.2, 0.25) is 5.02 Å². The fraction of sp³-hybridized carbons (Fsp3) is 0.111. The highest BCUT2D eigenvalue weighted by molar-refractivity contribution is 6.33. The number of nitrogens with one attached hydrogen (secondary N) is 1. The van der Waals surface area contributed by atoms with Crippen molar-refractivity contribution in [2.75, 3.05) is 11.9 Å². The van der Waals surface area contributed by atoms with Crippen molar-refractivity contribution in [1.82, 2.24) is 0 Å². The molecule has 2 aromatic rings. The number of hydrogen-bond acceptors (Lipinski definition) is 3. The number of esters is 1. The monoisotopic (exact) mass is 329 g/mol. The molecule has 0 aliphatic rings. The maximum atomic E-state index is 11.7. The molecule has 0 aliphatic heterocycles. The molecule has 0 saturated heterocycles. The molecule has 0 heterocycles.